The topological polar surface area (TPSA) is 116 Å². The molecule has 1 unspecified atom stereocenters. The average molecular weight is 631 g/mol. The van der Waals surface area contributed by atoms with E-state index in [2.05, 4.69) is 57.2 Å². The number of aromatic nitrogens is 5. The van der Waals surface area contributed by atoms with Gasteiger partial charge < -0.3 is 15.2 Å². The van der Waals surface area contributed by atoms with Gasteiger partial charge in [0, 0.05) is 30.9 Å². The fourth-order valence-corrected chi connectivity index (χ4v) is 5.69. The van der Waals surface area contributed by atoms with Crippen molar-refractivity contribution in [3.8, 4) is 11.3 Å². The molecule has 1 atom stereocenters. The SMILES string of the molecule is CCc1cc(C(=O)N2CCCCC(Cn3cc(-c4cc(F)c(Br)c(F)c4N)nn3)C2)c2c(CC(C)(C)C)noc2n1. The number of rotatable bonds is 6. The van der Waals surface area contributed by atoms with Crippen LogP contribution in [0.4, 0.5) is 14.5 Å². The minimum atomic E-state index is -0.873. The monoisotopic (exact) mass is 629 g/mol. The zero-order chi connectivity index (χ0) is 29.5. The average Bonchev–Trinajstić information content (AvgIpc) is 3.48. The normalized spacial score (nSPS) is 16.4. The number of anilines is 1. The number of nitrogen functional groups attached to an aromatic ring is 1. The number of hydrogen-bond donors (Lipinski definition) is 1. The van der Waals surface area contributed by atoms with Crippen molar-refractivity contribution in [2.75, 3.05) is 18.8 Å². The van der Waals surface area contributed by atoms with Gasteiger partial charge in [-0.3, -0.25) is 9.48 Å². The molecule has 0 bridgehead atoms. The number of benzene rings is 1. The van der Waals surface area contributed by atoms with Crippen LogP contribution in [0.15, 0.2) is 27.3 Å². The van der Waals surface area contributed by atoms with Crippen molar-refractivity contribution in [3.63, 3.8) is 0 Å². The van der Waals surface area contributed by atoms with E-state index in [9.17, 15) is 13.6 Å². The van der Waals surface area contributed by atoms with E-state index in [1.807, 2.05) is 17.9 Å². The first-order valence-electron chi connectivity index (χ1n) is 13.9. The van der Waals surface area contributed by atoms with Crippen molar-refractivity contribution >= 4 is 38.6 Å². The van der Waals surface area contributed by atoms with Gasteiger partial charge in [0.25, 0.3) is 11.6 Å². The lowest BCUT2D eigenvalue weighted by Crippen LogP contribution is -2.36. The Hall–Kier alpha value is -3.41. The molecule has 9 nitrogen and oxygen atoms in total. The van der Waals surface area contributed by atoms with E-state index in [0.29, 0.717) is 49.1 Å². The van der Waals surface area contributed by atoms with Crippen molar-refractivity contribution in [1.82, 2.24) is 30.0 Å². The first-order valence-corrected chi connectivity index (χ1v) is 14.7. The van der Waals surface area contributed by atoms with Crippen LogP contribution in [0, 0.1) is 23.0 Å². The van der Waals surface area contributed by atoms with Gasteiger partial charge >= 0.3 is 0 Å². The maximum Gasteiger partial charge on any atom is 0.259 e. The van der Waals surface area contributed by atoms with E-state index >= 15 is 0 Å². The number of nitrogens with zero attached hydrogens (tertiary/aromatic N) is 6. The van der Waals surface area contributed by atoms with Crippen molar-refractivity contribution in [3.05, 3.63) is 51.4 Å². The van der Waals surface area contributed by atoms with Gasteiger partial charge in [0.15, 0.2) is 5.82 Å². The number of carbonyl (C=O) groups is 1. The van der Waals surface area contributed by atoms with Crippen LogP contribution in [-0.2, 0) is 19.4 Å². The number of hydrogen-bond acceptors (Lipinski definition) is 7. The quantitative estimate of drug-likeness (QED) is 0.199. The van der Waals surface area contributed by atoms with Crippen LogP contribution in [0.3, 0.4) is 0 Å². The number of nitrogens with two attached hydrogens (primary N) is 1. The first-order chi connectivity index (χ1) is 19.4. The van der Waals surface area contributed by atoms with Crippen LogP contribution < -0.4 is 5.73 Å². The summed E-state index contributed by atoms with van der Waals surface area (Å²) in [7, 11) is 0. The molecule has 1 aliphatic heterocycles. The molecule has 1 amide bonds. The highest BCUT2D eigenvalue weighted by Gasteiger charge is 2.29. The van der Waals surface area contributed by atoms with E-state index in [1.54, 1.807) is 10.9 Å². The minimum absolute atomic E-state index is 0.0453. The maximum absolute atomic E-state index is 14.3. The standard InChI is InChI=1S/C29H34BrF2N7O2/c1-5-17-10-19(23-21(12-29(2,3)4)36-41-27(23)34-17)28(40)38-9-7-6-8-16(13-38)14-39-15-22(35-37-39)18-11-20(31)24(30)25(32)26(18)33/h10-11,15-16H,5-9,12-14,33H2,1-4H3. The Labute approximate surface area is 245 Å². The van der Waals surface area contributed by atoms with Crippen LogP contribution in [0.25, 0.3) is 22.4 Å². The number of halogens is 3. The number of fused-ring (bicyclic) bond motifs is 1. The van der Waals surface area contributed by atoms with Crippen LogP contribution in [0.5, 0.6) is 0 Å². The number of pyridine rings is 1. The van der Waals surface area contributed by atoms with Crippen LogP contribution >= 0.6 is 15.9 Å². The molecule has 1 saturated heterocycles. The molecule has 1 fully saturated rings. The summed E-state index contributed by atoms with van der Waals surface area (Å²) in [6, 6.07) is 3.01. The Bertz CT molecular complexity index is 1590. The fourth-order valence-electron chi connectivity index (χ4n) is 5.36. The first kappa shape index (κ1) is 29.1. The summed E-state index contributed by atoms with van der Waals surface area (Å²) in [6.07, 6.45) is 5.69. The zero-order valence-corrected chi connectivity index (χ0v) is 25.3. The largest absolute Gasteiger partial charge is 0.396 e. The minimum Gasteiger partial charge on any atom is -0.396 e. The van der Waals surface area contributed by atoms with Crippen LogP contribution in [0.1, 0.15) is 68.7 Å². The predicted octanol–water partition coefficient (Wildman–Crippen LogP) is 6.20. The smallest absolute Gasteiger partial charge is 0.259 e. The van der Waals surface area contributed by atoms with E-state index in [4.69, 9.17) is 10.3 Å². The number of likely N-dealkylation sites (tertiary alicyclic amines) is 1. The second kappa shape index (κ2) is 11.5. The molecule has 1 aliphatic rings. The lowest BCUT2D eigenvalue weighted by molar-refractivity contribution is 0.0737. The van der Waals surface area contributed by atoms with Gasteiger partial charge in [-0.25, -0.2) is 13.8 Å². The van der Waals surface area contributed by atoms with Crippen LogP contribution in [-0.4, -0.2) is 49.0 Å². The van der Waals surface area contributed by atoms with Crippen LogP contribution in [0.2, 0.25) is 0 Å². The summed E-state index contributed by atoms with van der Waals surface area (Å²) in [5.74, 6) is -1.60. The second-order valence-electron chi connectivity index (χ2n) is 11.9. The highest BCUT2D eigenvalue weighted by molar-refractivity contribution is 9.10. The van der Waals surface area contributed by atoms with Gasteiger partial charge in [-0.1, -0.05) is 44.5 Å². The molecular formula is C29H34BrF2N7O2. The summed E-state index contributed by atoms with van der Waals surface area (Å²) in [4.78, 5) is 20.6. The summed E-state index contributed by atoms with van der Waals surface area (Å²) in [5.41, 5.74) is 8.56. The Morgan fingerprint density at radius 3 is 2.76 bits per heavy atom. The molecule has 2 N–H and O–H groups in total. The molecule has 0 saturated carbocycles. The summed E-state index contributed by atoms with van der Waals surface area (Å²) >= 11 is 2.87. The van der Waals surface area contributed by atoms with Crippen molar-refractivity contribution in [1.29, 1.82) is 0 Å². The predicted molar refractivity (Wildman–Crippen MR) is 155 cm³/mol. The summed E-state index contributed by atoms with van der Waals surface area (Å²) in [6.45, 7) is 10.0. The molecular weight excluding hydrogens is 596 g/mol. The molecule has 5 rings (SSSR count). The van der Waals surface area contributed by atoms with Gasteiger partial charge in [-0.05, 0) is 65.1 Å². The molecule has 41 heavy (non-hydrogen) atoms. The Balaban J connectivity index is 1.39. The fraction of sp³-hybridized carbons (Fsp3) is 0.483. The van der Waals surface area contributed by atoms with E-state index in [1.165, 1.54) is 0 Å². The van der Waals surface area contributed by atoms with Gasteiger partial charge in [0.05, 0.1) is 33.0 Å². The molecule has 0 aliphatic carbocycles. The molecule has 1 aromatic carbocycles. The van der Waals surface area contributed by atoms with E-state index < -0.39 is 11.6 Å². The molecule has 12 heteroatoms. The van der Waals surface area contributed by atoms with Gasteiger partial charge in [-0.2, -0.15) is 0 Å². The molecule has 218 valence electrons. The van der Waals surface area contributed by atoms with Crippen molar-refractivity contribution in [2.24, 2.45) is 11.3 Å². The summed E-state index contributed by atoms with van der Waals surface area (Å²) in [5, 5.41) is 13.3. The zero-order valence-electron chi connectivity index (χ0n) is 23.7. The maximum atomic E-state index is 14.3. The molecule has 0 radical (unpaired) electrons. The number of carbonyl (C=O) groups excluding carboxylic acids is 1. The third-order valence-electron chi connectivity index (χ3n) is 7.38. The number of amides is 1. The Kier molecular flexibility index (Phi) is 8.13. The third kappa shape index (κ3) is 6.12. The molecule has 3 aromatic heterocycles. The van der Waals surface area contributed by atoms with Gasteiger partial charge in [-0.15, -0.1) is 5.10 Å². The molecule has 0 spiro atoms. The number of aryl methyl sites for hydroxylation is 1. The highest BCUT2D eigenvalue weighted by atomic mass is 79.9. The van der Waals surface area contributed by atoms with Crippen molar-refractivity contribution < 1.29 is 18.1 Å². The van der Waals surface area contributed by atoms with Gasteiger partial charge in [0.2, 0.25) is 0 Å². The Morgan fingerprint density at radius 2 is 2.02 bits per heavy atom. The van der Waals surface area contributed by atoms with E-state index in [0.717, 1.165) is 36.7 Å². The third-order valence-corrected chi connectivity index (χ3v) is 8.10. The molecule has 4 heterocycles. The Morgan fingerprint density at radius 1 is 1.24 bits per heavy atom. The lowest BCUT2D eigenvalue weighted by Gasteiger charge is -2.25. The van der Waals surface area contributed by atoms with E-state index in [-0.39, 0.29) is 38.7 Å². The lowest BCUT2D eigenvalue weighted by atomic mass is 9.89. The van der Waals surface area contributed by atoms with Gasteiger partial charge in [0.1, 0.15) is 11.5 Å². The summed E-state index contributed by atoms with van der Waals surface area (Å²) < 4.78 is 35.4. The second-order valence-corrected chi connectivity index (χ2v) is 12.7. The molecule has 4 aromatic rings. The highest BCUT2D eigenvalue weighted by Crippen LogP contribution is 2.34. The van der Waals surface area contributed by atoms with Crippen molar-refractivity contribution in [2.45, 2.75) is 66.3 Å².